The average Bonchev–Trinajstić information content (AvgIpc) is 3.40. The molecular formula is C32H37N5O4S. The molecule has 0 fully saturated rings. The van der Waals surface area contributed by atoms with Crippen molar-refractivity contribution in [2.75, 3.05) is 25.5 Å². The van der Waals surface area contributed by atoms with Gasteiger partial charge >= 0.3 is 0 Å². The number of aryl methyl sites for hydroxylation is 2. The number of carbonyl (C=O) groups excluding carboxylic acids is 2. The first kappa shape index (κ1) is 30.8. The molecule has 0 aliphatic rings. The maximum absolute atomic E-state index is 13.6. The molecule has 0 aliphatic heterocycles. The van der Waals surface area contributed by atoms with E-state index in [4.69, 9.17) is 0 Å². The lowest BCUT2D eigenvalue weighted by molar-refractivity contribution is 0.0593. The Balaban J connectivity index is 1.55. The topological polar surface area (TPSA) is 119 Å². The smallest absolute Gasteiger partial charge is 0.253 e. The fourth-order valence-electron chi connectivity index (χ4n) is 4.70. The second-order valence-corrected chi connectivity index (χ2v) is 11.6. The third-order valence-electron chi connectivity index (χ3n) is 7.36. The van der Waals surface area contributed by atoms with Gasteiger partial charge in [-0.05, 0) is 56.2 Å². The number of anilines is 1. The summed E-state index contributed by atoms with van der Waals surface area (Å²) in [5.74, 6) is -0.00843. The number of hydrogen-bond donors (Lipinski definition) is 3. The average molecular weight is 588 g/mol. The molecule has 4 rings (SSSR count). The number of pyridine rings is 1. The first-order valence-corrected chi connectivity index (χ1v) is 14.5. The van der Waals surface area contributed by atoms with Crippen molar-refractivity contribution in [3.05, 3.63) is 111 Å². The Kier molecular flexibility index (Phi) is 9.72. The molecule has 2 heterocycles. The predicted octanol–water partition coefficient (Wildman–Crippen LogP) is 4.06. The number of rotatable bonds is 11. The minimum Gasteiger partial charge on any atom is -0.392 e. The molecule has 9 nitrogen and oxygen atoms in total. The van der Waals surface area contributed by atoms with Crippen molar-refractivity contribution in [2.24, 2.45) is 0 Å². The van der Waals surface area contributed by atoms with Gasteiger partial charge in [0.1, 0.15) is 10.8 Å². The SMILES string of the molecule is Cc1csc(CN(C)C(=O)c2cccc(C(=O)N[C@@](C)(c3ccccc3)[C@H](O)CN(C)c3ccc(CO)c(C)n3)c2)n1. The predicted molar refractivity (Wildman–Crippen MR) is 165 cm³/mol. The van der Waals surface area contributed by atoms with Crippen LogP contribution in [0.15, 0.2) is 72.1 Å². The molecule has 2 aromatic heterocycles. The number of aliphatic hydroxyl groups excluding tert-OH is 2. The summed E-state index contributed by atoms with van der Waals surface area (Å²) in [6.45, 7) is 5.95. The van der Waals surface area contributed by atoms with E-state index in [0.717, 1.165) is 21.8 Å². The number of nitrogens with one attached hydrogen (secondary N) is 1. The van der Waals surface area contributed by atoms with Crippen LogP contribution in [0.2, 0.25) is 0 Å². The molecule has 0 unspecified atom stereocenters. The molecule has 42 heavy (non-hydrogen) atoms. The zero-order valence-corrected chi connectivity index (χ0v) is 25.4. The second-order valence-electron chi connectivity index (χ2n) is 10.6. The number of carbonyl (C=O) groups is 2. The highest BCUT2D eigenvalue weighted by molar-refractivity contribution is 7.09. The lowest BCUT2D eigenvalue weighted by atomic mass is 9.85. The Morgan fingerprint density at radius 1 is 1.00 bits per heavy atom. The summed E-state index contributed by atoms with van der Waals surface area (Å²) in [5, 5.41) is 26.9. The third-order valence-corrected chi connectivity index (χ3v) is 8.31. The molecule has 0 saturated heterocycles. The molecule has 3 N–H and O–H groups in total. The highest BCUT2D eigenvalue weighted by atomic mass is 32.1. The minimum atomic E-state index is -1.17. The van der Waals surface area contributed by atoms with Crippen LogP contribution in [0.5, 0.6) is 0 Å². The Labute approximate surface area is 250 Å². The van der Waals surface area contributed by atoms with Crippen LogP contribution in [-0.2, 0) is 18.7 Å². The summed E-state index contributed by atoms with van der Waals surface area (Å²) >= 11 is 1.50. The molecule has 0 aliphatic carbocycles. The van der Waals surface area contributed by atoms with Gasteiger partial charge in [0, 0.05) is 48.5 Å². The van der Waals surface area contributed by atoms with E-state index in [0.29, 0.717) is 29.2 Å². The van der Waals surface area contributed by atoms with E-state index in [-0.39, 0.29) is 19.1 Å². The Morgan fingerprint density at radius 2 is 1.71 bits per heavy atom. The van der Waals surface area contributed by atoms with Gasteiger partial charge in [-0.2, -0.15) is 0 Å². The van der Waals surface area contributed by atoms with Crippen molar-refractivity contribution < 1.29 is 19.8 Å². The number of benzene rings is 2. The van der Waals surface area contributed by atoms with E-state index in [1.807, 2.05) is 67.6 Å². The van der Waals surface area contributed by atoms with E-state index in [2.05, 4.69) is 15.3 Å². The number of likely N-dealkylation sites (N-methyl/N-ethyl adjacent to an activating group) is 1. The van der Waals surface area contributed by atoms with Crippen molar-refractivity contribution in [1.82, 2.24) is 20.2 Å². The van der Waals surface area contributed by atoms with Crippen LogP contribution in [-0.4, -0.2) is 63.6 Å². The van der Waals surface area contributed by atoms with E-state index in [1.54, 1.807) is 49.2 Å². The van der Waals surface area contributed by atoms with Crippen LogP contribution in [0.3, 0.4) is 0 Å². The molecule has 220 valence electrons. The van der Waals surface area contributed by atoms with Gasteiger partial charge in [0.05, 0.1) is 24.8 Å². The third kappa shape index (κ3) is 7.02. The number of thiazole rings is 1. The van der Waals surface area contributed by atoms with Gasteiger partial charge in [0.25, 0.3) is 11.8 Å². The fraction of sp³-hybridized carbons (Fsp3) is 0.312. The second kappa shape index (κ2) is 13.2. The van der Waals surface area contributed by atoms with Crippen molar-refractivity contribution in [3.8, 4) is 0 Å². The zero-order valence-electron chi connectivity index (χ0n) is 24.5. The number of nitrogens with zero attached hydrogens (tertiary/aromatic N) is 4. The highest BCUT2D eigenvalue weighted by Gasteiger charge is 2.37. The van der Waals surface area contributed by atoms with Gasteiger partial charge in [-0.1, -0.05) is 42.5 Å². The number of aromatic nitrogens is 2. The molecule has 0 saturated carbocycles. The van der Waals surface area contributed by atoms with Crippen LogP contribution in [0.4, 0.5) is 5.82 Å². The molecule has 0 spiro atoms. The summed E-state index contributed by atoms with van der Waals surface area (Å²) in [5.41, 5.74) is 2.59. The first-order chi connectivity index (χ1) is 20.0. The lowest BCUT2D eigenvalue weighted by Crippen LogP contribution is -2.55. The largest absolute Gasteiger partial charge is 0.392 e. The van der Waals surface area contributed by atoms with E-state index >= 15 is 0 Å². The quantitative estimate of drug-likeness (QED) is 0.242. The lowest BCUT2D eigenvalue weighted by Gasteiger charge is -2.38. The molecule has 10 heteroatoms. The van der Waals surface area contributed by atoms with Gasteiger partial charge < -0.3 is 25.3 Å². The van der Waals surface area contributed by atoms with Crippen LogP contribution < -0.4 is 10.2 Å². The Morgan fingerprint density at radius 3 is 2.36 bits per heavy atom. The highest BCUT2D eigenvalue weighted by Crippen LogP contribution is 2.27. The zero-order chi connectivity index (χ0) is 30.4. The monoisotopic (exact) mass is 587 g/mol. The molecule has 2 aromatic carbocycles. The van der Waals surface area contributed by atoms with Crippen molar-refractivity contribution in [3.63, 3.8) is 0 Å². The van der Waals surface area contributed by atoms with Crippen LogP contribution in [0.1, 0.15) is 55.2 Å². The van der Waals surface area contributed by atoms with Crippen LogP contribution in [0, 0.1) is 13.8 Å². The van der Waals surface area contributed by atoms with Gasteiger partial charge in [0.2, 0.25) is 0 Å². The molecule has 0 radical (unpaired) electrons. The summed E-state index contributed by atoms with van der Waals surface area (Å²) in [7, 11) is 3.52. The number of aliphatic hydroxyl groups is 2. The maximum Gasteiger partial charge on any atom is 0.253 e. The summed E-state index contributed by atoms with van der Waals surface area (Å²) in [6.07, 6.45) is -1.04. The first-order valence-electron chi connectivity index (χ1n) is 13.6. The van der Waals surface area contributed by atoms with Gasteiger partial charge in [0.15, 0.2) is 0 Å². The van der Waals surface area contributed by atoms with Crippen molar-refractivity contribution in [2.45, 2.75) is 45.6 Å². The summed E-state index contributed by atoms with van der Waals surface area (Å²) < 4.78 is 0. The Hall–Kier alpha value is -4.12. The van der Waals surface area contributed by atoms with Gasteiger partial charge in [-0.15, -0.1) is 11.3 Å². The van der Waals surface area contributed by atoms with Crippen LogP contribution in [0.25, 0.3) is 0 Å². The van der Waals surface area contributed by atoms with Crippen molar-refractivity contribution >= 4 is 29.0 Å². The molecular weight excluding hydrogens is 550 g/mol. The molecule has 2 atom stereocenters. The maximum atomic E-state index is 13.6. The molecule has 4 aromatic rings. The number of amides is 2. The standard InChI is InChI=1S/C32H37N5O4S/c1-21-20-42-29(33-21)18-37(5)31(41)24-11-9-10-23(16-24)30(40)35-32(3,26-12-7-6-8-13-26)27(39)17-36(4)28-15-14-25(19-38)22(2)34-28/h6-16,20,27,38-39H,17-19H2,1-5H3,(H,35,40)/t27-,32+/m1/s1. The summed E-state index contributed by atoms with van der Waals surface area (Å²) in [6, 6.07) is 19.5. The van der Waals surface area contributed by atoms with Crippen LogP contribution >= 0.6 is 11.3 Å². The van der Waals surface area contributed by atoms with E-state index in [1.165, 1.54) is 11.3 Å². The molecule has 0 bridgehead atoms. The number of hydrogen-bond acceptors (Lipinski definition) is 8. The van der Waals surface area contributed by atoms with Crippen molar-refractivity contribution in [1.29, 1.82) is 0 Å². The minimum absolute atomic E-state index is 0.0990. The summed E-state index contributed by atoms with van der Waals surface area (Å²) in [4.78, 5) is 39.2. The molecule has 2 amide bonds. The van der Waals surface area contributed by atoms with Gasteiger partial charge in [-0.3, -0.25) is 9.59 Å². The van der Waals surface area contributed by atoms with E-state index in [9.17, 15) is 19.8 Å². The normalized spacial score (nSPS) is 13.2. The fourth-order valence-corrected chi connectivity index (χ4v) is 5.52. The van der Waals surface area contributed by atoms with Gasteiger partial charge in [-0.25, -0.2) is 9.97 Å². The Bertz CT molecular complexity index is 1540. The van der Waals surface area contributed by atoms with E-state index < -0.39 is 17.6 Å².